The molecule has 0 saturated heterocycles. The van der Waals surface area contributed by atoms with Crippen LogP contribution in [0.25, 0.3) is 11.0 Å². The molecule has 1 N–H and O–H groups in total. The molecule has 0 aliphatic rings. The molecule has 4 nitrogen and oxygen atoms in total. The van der Waals surface area contributed by atoms with Gasteiger partial charge in [-0.3, -0.25) is 5.10 Å². The van der Waals surface area contributed by atoms with Crippen LogP contribution >= 0.6 is 11.8 Å². The fourth-order valence-electron chi connectivity index (χ4n) is 2.51. The third-order valence-corrected chi connectivity index (χ3v) is 4.50. The summed E-state index contributed by atoms with van der Waals surface area (Å²) in [6, 6.07) is 10.3. The summed E-state index contributed by atoms with van der Waals surface area (Å²) in [5, 5.41) is 8.24. The van der Waals surface area contributed by atoms with Crippen LogP contribution in [0.4, 0.5) is 0 Å². The maximum atomic E-state index is 6.11. The van der Waals surface area contributed by atoms with Gasteiger partial charge >= 0.3 is 0 Å². The van der Waals surface area contributed by atoms with Gasteiger partial charge in [0.05, 0.1) is 5.69 Å². The highest BCUT2D eigenvalue weighted by atomic mass is 32.2. The van der Waals surface area contributed by atoms with Gasteiger partial charge < -0.3 is 4.74 Å². The predicted molar refractivity (Wildman–Crippen MR) is 95.1 cm³/mol. The van der Waals surface area contributed by atoms with Crippen LogP contribution < -0.4 is 4.74 Å². The molecule has 23 heavy (non-hydrogen) atoms. The highest BCUT2D eigenvalue weighted by molar-refractivity contribution is 7.98. The van der Waals surface area contributed by atoms with Crippen LogP contribution in [0, 0.1) is 0 Å². The number of thioether (sulfide) groups is 1. The van der Waals surface area contributed by atoms with E-state index in [4.69, 9.17) is 4.74 Å². The van der Waals surface area contributed by atoms with Crippen molar-refractivity contribution < 1.29 is 4.74 Å². The molecule has 0 aliphatic heterocycles. The van der Waals surface area contributed by atoms with E-state index in [0.717, 1.165) is 22.5 Å². The minimum atomic E-state index is 0.0265. The Bertz CT molecular complexity index is 820. The van der Waals surface area contributed by atoms with E-state index in [9.17, 15) is 0 Å². The van der Waals surface area contributed by atoms with Gasteiger partial charge in [-0.25, -0.2) is 4.98 Å². The number of nitrogens with zero attached hydrogens (tertiary/aromatic N) is 2. The van der Waals surface area contributed by atoms with Crippen molar-refractivity contribution in [2.75, 3.05) is 6.26 Å². The molecule has 1 aromatic carbocycles. The van der Waals surface area contributed by atoms with E-state index in [2.05, 4.69) is 60.4 Å². The fourth-order valence-corrected chi connectivity index (χ4v) is 2.95. The van der Waals surface area contributed by atoms with Gasteiger partial charge in [-0.2, -0.15) is 5.10 Å². The van der Waals surface area contributed by atoms with Crippen molar-refractivity contribution in [3.8, 4) is 5.75 Å². The molecular weight excluding hydrogens is 306 g/mol. The van der Waals surface area contributed by atoms with E-state index in [1.54, 1.807) is 18.0 Å². The number of aromatic amines is 1. The van der Waals surface area contributed by atoms with Gasteiger partial charge in [0.2, 0.25) is 0 Å². The number of nitrogens with one attached hydrogen (secondary N) is 1. The Hall–Kier alpha value is -2.01. The quantitative estimate of drug-likeness (QED) is 0.714. The Morgan fingerprint density at radius 3 is 2.78 bits per heavy atom. The second kappa shape index (κ2) is 6.24. The molecule has 2 aromatic heterocycles. The van der Waals surface area contributed by atoms with Gasteiger partial charge in [0, 0.05) is 22.0 Å². The third-order valence-electron chi connectivity index (χ3n) is 3.78. The first-order chi connectivity index (χ1) is 11.0. The van der Waals surface area contributed by atoms with Crippen molar-refractivity contribution in [3.05, 3.63) is 47.8 Å². The van der Waals surface area contributed by atoms with Gasteiger partial charge in [0.1, 0.15) is 12.4 Å². The molecule has 0 radical (unpaired) electrons. The van der Waals surface area contributed by atoms with E-state index < -0.39 is 0 Å². The molecule has 3 rings (SSSR count). The van der Waals surface area contributed by atoms with Crippen LogP contribution in [0.5, 0.6) is 5.75 Å². The van der Waals surface area contributed by atoms with Crippen LogP contribution in [-0.2, 0) is 12.0 Å². The molecule has 0 saturated carbocycles. The van der Waals surface area contributed by atoms with Crippen molar-refractivity contribution in [3.63, 3.8) is 0 Å². The fraction of sp³-hybridized carbons (Fsp3) is 0.333. The number of H-pyrrole nitrogens is 1. The summed E-state index contributed by atoms with van der Waals surface area (Å²) in [4.78, 5) is 5.48. The molecule has 120 valence electrons. The summed E-state index contributed by atoms with van der Waals surface area (Å²) in [6.45, 7) is 7.06. The first-order valence-electron chi connectivity index (χ1n) is 7.58. The Morgan fingerprint density at radius 1 is 1.22 bits per heavy atom. The largest absolute Gasteiger partial charge is 0.487 e. The molecule has 0 unspecified atom stereocenters. The van der Waals surface area contributed by atoms with Crippen LogP contribution in [0.15, 0.2) is 41.4 Å². The minimum absolute atomic E-state index is 0.0265. The summed E-state index contributed by atoms with van der Waals surface area (Å²) < 4.78 is 6.11. The highest BCUT2D eigenvalue weighted by Crippen LogP contribution is 2.34. The van der Waals surface area contributed by atoms with E-state index in [1.165, 1.54) is 10.5 Å². The molecule has 2 heterocycles. The van der Waals surface area contributed by atoms with Crippen LogP contribution in [-0.4, -0.2) is 21.4 Å². The number of aromatic nitrogens is 3. The van der Waals surface area contributed by atoms with Crippen LogP contribution in [0.3, 0.4) is 0 Å². The first-order valence-corrected chi connectivity index (χ1v) is 8.81. The summed E-state index contributed by atoms with van der Waals surface area (Å²) in [5.41, 5.74) is 2.91. The second-order valence-corrected chi connectivity index (χ2v) is 7.36. The normalized spacial score (nSPS) is 11.8. The standard InChI is InChI=1S/C18H21N3OS/c1-18(2,3)14-10-12(23-4)7-8-16(14)22-11-15-13-6-5-9-19-17(13)21-20-15/h5-10H,11H2,1-4H3,(H,19,20,21). The molecule has 3 aromatic rings. The third kappa shape index (κ3) is 3.34. The SMILES string of the molecule is CSc1ccc(OCc2[nH]nc3ncccc23)c(C(C)(C)C)c1. The zero-order chi connectivity index (χ0) is 16.4. The molecular formula is C18H21N3OS. The number of hydrogen-bond acceptors (Lipinski definition) is 4. The lowest BCUT2D eigenvalue weighted by Crippen LogP contribution is -2.13. The molecule has 0 bridgehead atoms. The highest BCUT2D eigenvalue weighted by Gasteiger charge is 2.20. The van der Waals surface area contributed by atoms with Crippen molar-refractivity contribution in [2.45, 2.75) is 37.7 Å². The Morgan fingerprint density at radius 2 is 2.04 bits per heavy atom. The van der Waals surface area contributed by atoms with Gasteiger partial charge in [-0.05, 0) is 42.0 Å². The summed E-state index contributed by atoms with van der Waals surface area (Å²) in [7, 11) is 0. The second-order valence-electron chi connectivity index (χ2n) is 6.48. The molecule has 5 heteroatoms. The zero-order valence-electron chi connectivity index (χ0n) is 13.9. The van der Waals surface area contributed by atoms with E-state index in [-0.39, 0.29) is 5.41 Å². The topological polar surface area (TPSA) is 50.8 Å². The Balaban J connectivity index is 1.88. The number of pyridine rings is 1. The van der Waals surface area contributed by atoms with Gasteiger partial charge in [0.25, 0.3) is 0 Å². The number of ether oxygens (including phenoxy) is 1. The lowest BCUT2D eigenvalue weighted by atomic mass is 9.86. The predicted octanol–water partition coefficient (Wildman–Crippen LogP) is 4.56. The smallest absolute Gasteiger partial charge is 0.181 e. The lowest BCUT2D eigenvalue weighted by Gasteiger charge is -2.23. The molecule has 0 spiro atoms. The molecule has 0 amide bonds. The van der Waals surface area contributed by atoms with Crippen LogP contribution in [0.2, 0.25) is 0 Å². The van der Waals surface area contributed by atoms with E-state index >= 15 is 0 Å². The first kappa shape index (κ1) is 15.9. The summed E-state index contributed by atoms with van der Waals surface area (Å²) in [5.74, 6) is 0.918. The lowest BCUT2D eigenvalue weighted by molar-refractivity contribution is 0.294. The van der Waals surface area contributed by atoms with E-state index in [0.29, 0.717) is 6.61 Å². The number of hydrogen-bond donors (Lipinski definition) is 1. The average molecular weight is 327 g/mol. The summed E-state index contributed by atoms with van der Waals surface area (Å²) >= 11 is 1.75. The number of rotatable bonds is 4. The van der Waals surface area contributed by atoms with Crippen molar-refractivity contribution in [1.29, 1.82) is 0 Å². The van der Waals surface area contributed by atoms with E-state index in [1.807, 2.05) is 12.1 Å². The molecule has 0 fully saturated rings. The monoisotopic (exact) mass is 327 g/mol. The average Bonchev–Trinajstić information content (AvgIpc) is 2.95. The minimum Gasteiger partial charge on any atom is -0.487 e. The van der Waals surface area contributed by atoms with Crippen LogP contribution in [0.1, 0.15) is 32.0 Å². The number of benzene rings is 1. The van der Waals surface area contributed by atoms with Crippen molar-refractivity contribution in [1.82, 2.24) is 15.2 Å². The van der Waals surface area contributed by atoms with Crippen molar-refractivity contribution >= 4 is 22.8 Å². The molecule has 0 aliphatic carbocycles. The summed E-state index contributed by atoms with van der Waals surface area (Å²) in [6.07, 6.45) is 3.83. The maximum Gasteiger partial charge on any atom is 0.181 e. The van der Waals surface area contributed by atoms with Crippen molar-refractivity contribution in [2.24, 2.45) is 0 Å². The zero-order valence-corrected chi connectivity index (χ0v) is 14.7. The van der Waals surface area contributed by atoms with Gasteiger partial charge in [0.15, 0.2) is 5.65 Å². The molecule has 0 atom stereocenters. The Labute approximate surface area is 140 Å². The number of fused-ring (bicyclic) bond motifs is 1. The van der Waals surface area contributed by atoms with Gasteiger partial charge in [-0.1, -0.05) is 20.8 Å². The Kier molecular flexibility index (Phi) is 4.31. The maximum absolute atomic E-state index is 6.11. The van der Waals surface area contributed by atoms with Gasteiger partial charge in [-0.15, -0.1) is 11.8 Å².